The van der Waals surface area contributed by atoms with E-state index in [1.54, 1.807) is 39.5 Å². The SMILES string of the molecule is O=C1C=CSC2(C(=O)N(Cc3ccccc3)c3ccccc32)N1c1ccc(Cl)cc1. The lowest BCUT2D eigenvalue weighted by atomic mass is 10.0. The third kappa shape index (κ3) is 2.85. The molecule has 0 aliphatic carbocycles. The molecule has 0 radical (unpaired) electrons. The van der Waals surface area contributed by atoms with Crippen molar-refractivity contribution in [2.75, 3.05) is 9.80 Å². The summed E-state index contributed by atoms with van der Waals surface area (Å²) in [5.41, 5.74) is 3.29. The molecule has 0 saturated heterocycles. The molecule has 30 heavy (non-hydrogen) atoms. The molecule has 3 aromatic rings. The molecular formula is C24H17ClN2O2S. The van der Waals surface area contributed by atoms with Gasteiger partial charge in [-0.25, -0.2) is 0 Å². The first-order valence-corrected chi connectivity index (χ1v) is 10.8. The Morgan fingerprint density at radius 2 is 1.57 bits per heavy atom. The standard InChI is InChI=1S/C24H17ClN2O2S/c25-18-10-12-19(13-11-18)27-22(28)14-15-30-24(27)20-8-4-5-9-21(20)26(23(24)29)16-17-6-2-1-3-7-17/h1-15H,16H2. The topological polar surface area (TPSA) is 40.6 Å². The fourth-order valence-corrected chi connectivity index (χ4v) is 5.35. The van der Waals surface area contributed by atoms with Gasteiger partial charge in [0.15, 0.2) is 0 Å². The van der Waals surface area contributed by atoms with Crippen LogP contribution in [0, 0.1) is 0 Å². The van der Waals surface area contributed by atoms with Gasteiger partial charge in [0, 0.05) is 22.3 Å². The molecule has 2 aliphatic rings. The zero-order valence-corrected chi connectivity index (χ0v) is 17.4. The zero-order chi connectivity index (χ0) is 20.7. The maximum absolute atomic E-state index is 14.0. The smallest absolute Gasteiger partial charge is 0.269 e. The molecule has 5 rings (SSSR count). The van der Waals surface area contributed by atoms with Crippen molar-refractivity contribution in [1.82, 2.24) is 0 Å². The first-order valence-electron chi connectivity index (χ1n) is 9.51. The average Bonchev–Trinajstić information content (AvgIpc) is 2.99. The maximum atomic E-state index is 14.0. The summed E-state index contributed by atoms with van der Waals surface area (Å²) in [6.45, 7) is 0.436. The number of halogens is 1. The van der Waals surface area contributed by atoms with E-state index in [1.807, 2.05) is 54.6 Å². The van der Waals surface area contributed by atoms with E-state index in [9.17, 15) is 9.59 Å². The highest BCUT2D eigenvalue weighted by molar-refractivity contribution is 8.04. The molecule has 6 heteroatoms. The highest BCUT2D eigenvalue weighted by Gasteiger charge is 2.58. The second-order valence-corrected chi connectivity index (χ2v) is 8.64. The van der Waals surface area contributed by atoms with E-state index in [0.29, 0.717) is 17.3 Å². The summed E-state index contributed by atoms with van der Waals surface area (Å²) < 4.78 is 0. The number of amides is 2. The van der Waals surface area contributed by atoms with Crippen LogP contribution in [0.3, 0.4) is 0 Å². The van der Waals surface area contributed by atoms with Gasteiger partial charge >= 0.3 is 0 Å². The van der Waals surface area contributed by atoms with Crippen molar-refractivity contribution in [3.05, 3.63) is 106 Å². The van der Waals surface area contributed by atoms with E-state index in [2.05, 4.69) is 0 Å². The van der Waals surface area contributed by atoms with Crippen LogP contribution >= 0.6 is 23.4 Å². The van der Waals surface area contributed by atoms with E-state index < -0.39 is 4.87 Å². The predicted molar refractivity (Wildman–Crippen MR) is 121 cm³/mol. The first-order chi connectivity index (χ1) is 14.6. The van der Waals surface area contributed by atoms with E-state index in [-0.39, 0.29) is 11.8 Å². The normalized spacial score (nSPS) is 20.2. The van der Waals surface area contributed by atoms with Gasteiger partial charge < -0.3 is 4.90 Å². The van der Waals surface area contributed by atoms with Gasteiger partial charge in [-0.2, -0.15) is 0 Å². The van der Waals surface area contributed by atoms with Crippen molar-refractivity contribution in [3.63, 3.8) is 0 Å². The lowest BCUT2D eigenvalue weighted by Crippen LogP contribution is -2.54. The number of carbonyl (C=O) groups excluding carboxylic acids is 2. The van der Waals surface area contributed by atoms with Crippen LogP contribution in [-0.4, -0.2) is 11.8 Å². The van der Waals surface area contributed by atoms with Crippen LogP contribution < -0.4 is 9.80 Å². The van der Waals surface area contributed by atoms with Crippen molar-refractivity contribution in [3.8, 4) is 0 Å². The Balaban J connectivity index is 1.68. The van der Waals surface area contributed by atoms with Crippen LogP contribution in [0.25, 0.3) is 0 Å². The van der Waals surface area contributed by atoms with Crippen LogP contribution in [-0.2, 0) is 21.0 Å². The minimum Gasteiger partial charge on any atom is -0.304 e. The summed E-state index contributed by atoms with van der Waals surface area (Å²) in [7, 11) is 0. The predicted octanol–water partition coefficient (Wildman–Crippen LogP) is 5.33. The molecule has 4 nitrogen and oxygen atoms in total. The van der Waals surface area contributed by atoms with Crippen LogP contribution in [0.4, 0.5) is 11.4 Å². The first kappa shape index (κ1) is 19.0. The fraction of sp³-hybridized carbons (Fsp3) is 0.0833. The Kier molecular flexibility index (Phi) is 4.65. The van der Waals surface area contributed by atoms with Gasteiger partial charge in [0.2, 0.25) is 4.87 Å². The second kappa shape index (κ2) is 7.35. The van der Waals surface area contributed by atoms with Crippen LogP contribution in [0.5, 0.6) is 0 Å². The molecule has 0 N–H and O–H groups in total. The van der Waals surface area contributed by atoms with Crippen LogP contribution in [0.1, 0.15) is 11.1 Å². The molecule has 3 aromatic carbocycles. The summed E-state index contributed by atoms with van der Waals surface area (Å²) in [5, 5.41) is 2.29. The number of thioether (sulfide) groups is 1. The molecule has 2 heterocycles. The van der Waals surface area contributed by atoms with Gasteiger partial charge in [-0.1, -0.05) is 71.9 Å². The van der Waals surface area contributed by atoms with Gasteiger partial charge in [0.25, 0.3) is 11.8 Å². The summed E-state index contributed by atoms with van der Waals surface area (Å²) in [4.78, 5) is 29.2. The van der Waals surface area contributed by atoms with Crippen molar-refractivity contribution in [2.24, 2.45) is 0 Å². The summed E-state index contributed by atoms with van der Waals surface area (Å²) >= 11 is 7.41. The number of anilines is 2. The Hall–Kier alpha value is -3.02. The molecule has 1 unspecified atom stereocenters. The number of hydrogen-bond acceptors (Lipinski definition) is 3. The molecule has 0 saturated carbocycles. The second-order valence-electron chi connectivity index (χ2n) is 7.11. The molecule has 1 spiro atoms. The van der Waals surface area contributed by atoms with E-state index in [1.165, 1.54) is 17.8 Å². The quantitative estimate of drug-likeness (QED) is 0.561. The molecule has 0 fully saturated rings. The molecule has 148 valence electrons. The van der Waals surface area contributed by atoms with E-state index >= 15 is 0 Å². The Morgan fingerprint density at radius 3 is 2.33 bits per heavy atom. The fourth-order valence-electron chi connectivity index (χ4n) is 4.03. The van der Waals surface area contributed by atoms with Gasteiger partial charge in [-0.05, 0) is 41.3 Å². The summed E-state index contributed by atoms with van der Waals surface area (Å²) in [6, 6.07) is 24.6. The number of hydrogen-bond donors (Lipinski definition) is 0. The van der Waals surface area contributed by atoms with Crippen molar-refractivity contribution < 1.29 is 9.59 Å². The lowest BCUT2D eigenvalue weighted by molar-refractivity contribution is -0.124. The summed E-state index contributed by atoms with van der Waals surface area (Å²) in [5.74, 6) is -0.369. The maximum Gasteiger partial charge on any atom is 0.269 e. The number of rotatable bonds is 3. The summed E-state index contributed by atoms with van der Waals surface area (Å²) in [6.07, 6.45) is 1.50. The Labute approximate surface area is 183 Å². The molecule has 0 bridgehead atoms. The van der Waals surface area contributed by atoms with Crippen molar-refractivity contribution in [1.29, 1.82) is 0 Å². The highest BCUT2D eigenvalue weighted by Crippen LogP contribution is 2.54. The number of carbonyl (C=O) groups is 2. The van der Waals surface area contributed by atoms with Gasteiger partial charge in [0.05, 0.1) is 12.2 Å². The molecule has 0 aromatic heterocycles. The Bertz CT molecular complexity index is 1160. The number of benzene rings is 3. The molecule has 1 atom stereocenters. The molecule has 2 aliphatic heterocycles. The largest absolute Gasteiger partial charge is 0.304 e. The monoisotopic (exact) mass is 432 g/mol. The van der Waals surface area contributed by atoms with Crippen LogP contribution in [0.15, 0.2) is 90.3 Å². The zero-order valence-electron chi connectivity index (χ0n) is 15.9. The average molecular weight is 433 g/mol. The van der Waals surface area contributed by atoms with E-state index in [4.69, 9.17) is 11.6 Å². The third-order valence-electron chi connectivity index (χ3n) is 5.35. The highest BCUT2D eigenvalue weighted by atomic mass is 35.5. The number of fused-ring (bicyclic) bond motifs is 2. The Morgan fingerprint density at radius 1 is 0.867 bits per heavy atom. The van der Waals surface area contributed by atoms with Gasteiger partial charge in [-0.3, -0.25) is 14.5 Å². The molecular weight excluding hydrogens is 416 g/mol. The minimum atomic E-state index is -1.19. The molecule has 2 amide bonds. The van der Waals surface area contributed by atoms with Crippen molar-refractivity contribution >= 4 is 46.6 Å². The number of para-hydroxylation sites is 1. The van der Waals surface area contributed by atoms with Crippen LogP contribution in [0.2, 0.25) is 5.02 Å². The minimum absolute atomic E-state index is 0.134. The third-order valence-corrected chi connectivity index (χ3v) is 6.79. The van der Waals surface area contributed by atoms with Gasteiger partial charge in [0.1, 0.15) is 0 Å². The number of nitrogens with zero attached hydrogens (tertiary/aromatic N) is 2. The van der Waals surface area contributed by atoms with Gasteiger partial charge in [-0.15, -0.1) is 0 Å². The van der Waals surface area contributed by atoms with Crippen molar-refractivity contribution in [2.45, 2.75) is 11.4 Å². The van der Waals surface area contributed by atoms with E-state index in [0.717, 1.165) is 16.8 Å². The lowest BCUT2D eigenvalue weighted by Gasteiger charge is -2.40.